The highest BCUT2D eigenvalue weighted by Gasteiger charge is 2.10. The van der Waals surface area contributed by atoms with Gasteiger partial charge >= 0.3 is 0 Å². The number of nitriles is 1. The molecular weight excluding hydrogens is 370 g/mol. The molecule has 0 N–H and O–H groups in total. The lowest BCUT2D eigenvalue weighted by atomic mass is 10.0. The number of nitrogens with zero attached hydrogens (tertiary/aromatic N) is 1. The molecule has 0 bridgehead atoms. The van der Waals surface area contributed by atoms with E-state index in [-0.39, 0.29) is 0 Å². The third-order valence-electron chi connectivity index (χ3n) is 5.23. The molecule has 1 rings (SSSR count). The lowest BCUT2D eigenvalue weighted by Gasteiger charge is -2.16. The summed E-state index contributed by atoms with van der Waals surface area (Å²) >= 11 is 0. The summed E-state index contributed by atoms with van der Waals surface area (Å²) in [4.78, 5) is 0. The fourth-order valence-electron chi connectivity index (χ4n) is 3.15. The van der Waals surface area contributed by atoms with E-state index < -0.39 is 0 Å². The minimum absolute atomic E-state index is 0.601. The molecule has 0 amide bonds. The molecule has 1 aromatic carbocycles. The number of ether oxygens (including phenoxy) is 2. The van der Waals surface area contributed by atoms with Gasteiger partial charge in [-0.1, -0.05) is 37.1 Å². The summed E-state index contributed by atoms with van der Waals surface area (Å²) in [5.41, 5.74) is 3.35. The first kappa shape index (κ1) is 25.8. The number of hydrogen-bond donors (Lipinski definition) is 0. The van der Waals surface area contributed by atoms with Crippen molar-refractivity contribution in [2.75, 3.05) is 13.2 Å². The van der Waals surface area contributed by atoms with E-state index in [1.807, 2.05) is 6.07 Å². The summed E-state index contributed by atoms with van der Waals surface area (Å²) in [5.74, 6) is 2.64. The zero-order valence-electron chi connectivity index (χ0n) is 20.0. The molecule has 0 radical (unpaired) electrons. The van der Waals surface area contributed by atoms with Gasteiger partial charge in [-0.2, -0.15) is 5.26 Å². The smallest absolute Gasteiger partial charge is 0.162 e. The molecule has 0 saturated heterocycles. The van der Waals surface area contributed by atoms with Crippen LogP contribution in [0.5, 0.6) is 11.5 Å². The number of allylic oxidation sites excluding steroid dienone is 4. The number of rotatable bonds is 14. The predicted octanol–water partition coefficient (Wildman–Crippen LogP) is 7.86. The van der Waals surface area contributed by atoms with E-state index in [0.29, 0.717) is 36.4 Å². The van der Waals surface area contributed by atoms with Gasteiger partial charge in [0.2, 0.25) is 0 Å². The zero-order chi connectivity index (χ0) is 22.4. The Kier molecular flexibility index (Phi) is 12.7. The van der Waals surface area contributed by atoms with Crippen LogP contribution in [-0.4, -0.2) is 13.2 Å². The topological polar surface area (TPSA) is 42.2 Å². The molecular formula is C27H41NO2. The van der Waals surface area contributed by atoms with Crippen LogP contribution in [0.1, 0.15) is 85.6 Å². The third kappa shape index (κ3) is 11.7. The third-order valence-corrected chi connectivity index (χ3v) is 5.23. The van der Waals surface area contributed by atoms with Gasteiger partial charge in [0.25, 0.3) is 0 Å². The van der Waals surface area contributed by atoms with Crippen molar-refractivity contribution in [3.05, 3.63) is 47.1 Å². The lowest BCUT2D eigenvalue weighted by Crippen LogP contribution is -2.08. The summed E-state index contributed by atoms with van der Waals surface area (Å²) in [6.45, 7) is 14.4. The van der Waals surface area contributed by atoms with Crippen molar-refractivity contribution >= 4 is 0 Å². The number of benzene rings is 1. The van der Waals surface area contributed by atoms with Gasteiger partial charge in [0.15, 0.2) is 11.5 Å². The molecule has 3 heteroatoms. The Morgan fingerprint density at radius 2 is 1.33 bits per heavy atom. The molecule has 0 spiro atoms. The van der Waals surface area contributed by atoms with Crippen molar-refractivity contribution < 1.29 is 9.47 Å². The van der Waals surface area contributed by atoms with Crippen molar-refractivity contribution in [1.29, 1.82) is 5.26 Å². The standard InChI is InChI=1S/C27H41NO2/c1-21(2)9-7-11-23(5)15-17-29-26-14-13-25(20-28)19-27(26)30-18-16-24(6)12-8-10-22(3)4/h9-10,13-14,19,23-24H,7-8,11-12,15-18H2,1-6H3/t23-,24-/m0/s1. The normalized spacial score (nSPS) is 12.4. The van der Waals surface area contributed by atoms with Gasteiger partial charge in [0.1, 0.15) is 0 Å². The van der Waals surface area contributed by atoms with Gasteiger partial charge in [-0.25, -0.2) is 0 Å². The fraction of sp³-hybridized carbons (Fsp3) is 0.593. The van der Waals surface area contributed by atoms with Gasteiger partial charge in [-0.3, -0.25) is 0 Å². The van der Waals surface area contributed by atoms with Crippen LogP contribution >= 0.6 is 0 Å². The first-order valence-corrected chi connectivity index (χ1v) is 11.4. The highest BCUT2D eigenvalue weighted by molar-refractivity contribution is 5.46. The van der Waals surface area contributed by atoms with E-state index >= 15 is 0 Å². The molecule has 0 aliphatic rings. The van der Waals surface area contributed by atoms with Crippen LogP contribution in [0.2, 0.25) is 0 Å². The van der Waals surface area contributed by atoms with E-state index in [9.17, 15) is 5.26 Å². The van der Waals surface area contributed by atoms with Crippen molar-refractivity contribution in [1.82, 2.24) is 0 Å². The average molecular weight is 412 g/mol. The summed E-state index contributed by atoms with van der Waals surface area (Å²) < 4.78 is 12.1. The van der Waals surface area contributed by atoms with Crippen LogP contribution in [0.4, 0.5) is 0 Å². The SMILES string of the molecule is CC(C)=CCC[C@H](C)CCOc1ccc(C#N)cc1OCC[C@@H](C)CCC=C(C)C. The highest BCUT2D eigenvalue weighted by atomic mass is 16.5. The van der Waals surface area contributed by atoms with E-state index in [1.165, 1.54) is 24.0 Å². The molecule has 3 nitrogen and oxygen atoms in total. The maximum atomic E-state index is 9.22. The van der Waals surface area contributed by atoms with E-state index in [4.69, 9.17) is 9.47 Å². The molecule has 0 fully saturated rings. The van der Waals surface area contributed by atoms with Crippen LogP contribution in [0, 0.1) is 23.2 Å². The molecule has 166 valence electrons. The minimum Gasteiger partial charge on any atom is -0.490 e. The second-order valence-electron chi connectivity index (χ2n) is 8.98. The minimum atomic E-state index is 0.601. The lowest BCUT2D eigenvalue weighted by molar-refractivity contribution is 0.239. The van der Waals surface area contributed by atoms with Crippen LogP contribution in [0.3, 0.4) is 0 Å². The second-order valence-corrected chi connectivity index (χ2v) is 8.98. The Bertz CT molecular complexity index is 719. The van der Waals surface area contributed by atoms with Crippen molar-refractivity contribution in [3.63, 3.8) is 0 Å². The molecule has 0 heterocycles. The first-order chi connectivity index (χ1) is 14.3. The fourth-order valence-corrected chi connectivity index (χ4v) is 3.15. The summed E-state index contributed by atoms with van der Waals surface area (Å²) in [6, 6.07) is 7.64. The molecule has 2 atom stereocenters. The van der Waals surface area contributed by atoms with Crippen LogP contribution in [0.15, 0.2) is 41.5 Å². The van der Waals surface area contributed by atoms with Crippen LogP contribution < -0.4 is 9.47 Å². The maximum Gasteiger partial charge on any atom is 0.162 e. The monoisotopic (exact) mass is 411 g/mol. The number of hydrogen-bond acceptors (Lipinski definition) is 3. The molecule has 0 saturated carbocycles. The predicted molar refractivity (Wildman–Crippen MR) is 127 cm³/mol. The Balaban J connectivity index is 2.51. The Morgan fingerprint density at radius 3 is 1.80 bits per heavy atom. The molecule has 0 aliphatic carbocycles. The maximum absolute atomic E-state index is 9.22. The zero-order valence-corrected chi connectivity index (χ0v) is 20.0. The van der Waals surface area contributed by atoms with Crippen molar-refractivity contribution in [3.8, 4) is 17.6 Å². The quantitative estimate of drug-likeness (QED) is 0.293. The largest absolute Gasteiger partial charge is 0.490 e. The van der Waals surface area contributed by atoms with E-state index in [2.05, 4.69) is 59.8 Å². The molecule has 1 aromatic rings. The Labute approximate surface area is 184 Å². The second kappa shape index (κ2) is 14.7. The Hall–Kier alpha value is -2.21. The average Bonchev–Trinajstić information content (AvgIpc) is 2.68. The first-order valence-electron chi connectivity index (χ1n) is 11.4. The summed E-state index contributed by atoms with van der Waals surface area (Å²) in [7, 11) is 0. The molecule has 30 heavy (non-hydrogen) atoms. The van der Waals surface area contributed by atoms with Gasteiger partial charge in [-0.15, -0.1) is 0 Å². The van der Waals surface area contributed by atoms with E-state index in [1.54, 1.807) is 12.1 Å². The highest BCUT2D eigenvalue weighted by Crippen LogP contribution is 2.29. The van der Waals surface area contributed by atoms with E-state index in [0.717, 1.165) is 31.4 Å². The van der Waals surface area contributed by atoms with Gasteiger partial charge in [0.05, 0.1) is 24.8 Å². The summed E-state index contributed by atoms with van der Waals surface area (Å²) in [6.07, 6.45) is 11.2. The van der Waals surface area contributed by atoms with Gasteiger partial charge < -0.3 is 9.47 Å². The molecule has 0 unspecified atom stereocenters. The van der Waals surface area contributed by atoms with Crippen LogP contribution in [0.25, 0.3) is 0 Å². The molecule has 0 aliphatic heterocycles. The summed E-state index contributed by atoms with van der Waals surface area (Å²) in [5, 5.41) is 9.22. The van der Waals surface area contributed by atoms with Gasteiger partial charge in [0, 0.05) is 6.07 Å². The van der Waals surface area contributed by atoms with Crippen molar-refractivity contribution in [2.45, 2.75) is 80.1 Å². The van der Waals surface area contributed by atoms with Gasteiger partial charge in [-0.05, 0) is 90.2 Å². The Morgan fingerprint density at radius 1 is 0.833 bits per heavy atom. The van der Waals surface area contributed by atoms with Crippen LogP contribution in [-0.2, 0) is 0 Å². The molecule has 0 aromatic heterocycles. The van der Waals surface area contributed by atoms with Crippen molar-refractivity contribution in [2.24, 2.45) is 11.8 Å².